The summed E-state index contributed by atoms with van der Waals surface area (Å²) < 4.78 is 12.1. The highest BCUT2D eigenvalue weighted by atomic mass is 32.2. The number of rotatable bonds is 11. The van der Waals surface area contributed by atoms with Gasteiger partial charge >= 0.3 is 0 Å². The Kier molecular flexibility index (Phi) is 8.43. The van der Waals surface area contributed by atoms with Crippen LogP contribution < -0.4 is 4.74 Å². The van der Waals surface area contributed by atoms with E-state index in [2.05, 4.69) is 9.97 Å². The average molecular weight is 439 g/mol. The van der Waals surface area contributed by atoms with Gasteiger partial charge in [-0.3, -0.25) is 0 Å². The number of nitrogens with zero attached hydrogens (tertiary/aromatic N) is 2. The molecule has 0 atom stereocenters. The molecule has 3 aromatic rings. The van der Waals surface area contributed by atoms with Gasteiger partial charge < -0.3 is 25.1 Å². The SMILES string of the molecule is COCCOc1cc(CN(O)Sc2ccc(C)cc2)cc(-c2cnc(/C=C\C=N)[nH]2)c1. The number of H-pyrrole nitrogens is 1. The maximum Gasteiger partial charge on any atom is 0.130 e. The largest absolute Gasteiger partial charge is 0.491 e. The highest BCUT2D eigenvalue weighted by Crippen LogP contribution is 2.28. The first kappa shape index (κ1) is 22.8. The first-order chi connectivity index (χ1) is 15.1. The third kappa shape index (κ3) is 7.08. The molecule has 1 heterocycles. The van der Waals surface area contributed by atoms with Crippen molar-refractivity contribution in [2.24, 2.45) is 0 Å². The third-order valence-electron chi connectivity index (χ3n) is 4.33. The zero-order valence-electron chi connectivity index (χ0n) is 17.5. The van der Waals surface area contributed by atoms with E-state index in [1.807, 2.05) is 49.4 Å². The van der Waals surface area contributed by atoms with Crippen LogP contribution in [0.5, 0.6) is 5.75 Å². The quantitative estimate of drug-likeness (QED) is 0.169. The predicted molar refractivity (Wildman–Crippen MR) is 124 cm³/mol. The number of aryl methyl sites for hydroxylation is 1. The molecule has 3 rings (SSSR count). The third-order valence-corrected chi connectivity index (χ3v) is 5.15. The number of aromatic amines is 1. The van der Waals surface area contributed by atoms with Crippen molar-refractivity contribution < 1.29 is 14.7 Å². The number of allylic oxidation sites excluding steroid dienone is 1. The standard InChI is InChI=1S/C23H26N4O3S/c1-17-5-7-21(8-6-17)31-27(28)16-18-12-19(14-20(13-18)30-11-10-29-2)22-15-25-23(26-22)4-3-9-24/h3-9,12-15,24,28H,10-11,16H2,1-2H3,(H,25,26)/b4-3-,24-9?. The summed E-state index contributed by atoms with van der Waals surface area (Å²) in [4.78, 5) is 8.50. The number of methoxy groups -OCH3 is 1. The molecule has 0 spiro atoms. The normalized spacial score (nSPS) is 11.4. The van der Waals surface area contributed by atoms with Gasteiger partial charge in [0.1, 0.15) is 18.2 Å². The molecule has 0 aliphatic heterocycles. The zero-order chi connectivity index (χ0) is 22.1. The van der Waals surface area contributed by atoms with Crippen LogP contribution in [0.1, 0.15) is 17.0 Å². The topological polar surface area (TPSA) is 94.5 Å². The first-order valence-corrected chi connectivity index (χ1v) is 10.5. The van der Waals surface area contributed by atoms with E-state index in [9.17, 15) is 5.21 Å². The van der Waals surface area contributed by atoms with Gasteiger partial charge in [0.05, 0.1) is 25.0 Å². The molecule has 0 saturated heterocycles. The molecule has 31 heavy (non-hydrogen) atoms. The fourth-order valence-corrected chi connectivity index (χ4v) is 3.57. The van der Waals surface area contributed by atoms with Gasteiger partial charge in [-0.25, -0.2) is 4.98 Å². The summed E-state index contributed by atoms with van der Waals surface area (Å²) in [6.45, 7) is 3.25. The number of benzene rings is 2. The number of hydrogen-bond donors (Lipinski definition) is 3. The molecule has 0 aliphatic rings. The molecular formula is C23H26N4O3S. The molecule has 3 N–H and O–H groups in total. The average Bonchev–Trinajstić information content (AvgIpc) is 3.23. The van der Waals surface area contributed by atoms with Crippen molar-refractivity contribution in [3.63, 3.8) is 0 Å². The van der Waals surface area contributed by atoms with Gasteiger partial charge in [0.2, 0.25) is 0 Å². The van der Waals surface area contributed by atoms with Crippen molar-refractivity contribution in [3.05, 3.63) is 71.7 Å². The Hall–Kier alpha value is -2.91. The number of hydrogen-bond acceptors (Lipinski definition) is 7. The van der Waals surface area contributed by atoms with Crippen LogP contribution >= 0.6 is 11.9 Å². The van der Waals surface area contributed by atoms with E-state index in [4.69, 9.17) is 14.9 Å². The monoisotopic (exact) mass is 438 g/mol. The van der Waals surface area contributed by atoms with Gasteiger partial charge in [-0.05, 0) is 66.9 Å². The van der Waals surface area contributed by atoms with Gasteiger partial charge in [-0.15, -0.1) is 4.47 Å². The van der Waals surface area contributed by atoms with Crippen molar-refractivity contribution in [1.82, 2.24) is 14.4 Å². The lowest BCUT2D eigenvalue weighted by molar-refractivity contribution is 0.00886. The van der Waals surface area contributed by atoms with Crippen molar-refractivity contribution >= 4 is 24.2 Å². The summed E-state index contributed by atoms with van der Waals surface area (Å²) in [6, 6.07) is 13.8. The minimum atomic E-state index is 0.307. The van der Waals surface area contributed by atoms with E-state index in [0.717, 1.165) is 21.7 Å². The number of imidazole rings is 1. The van der Waals surface area contributed by atoms with Gasteiger partial charge in [0.25, 0.3) is 0 Å². The zero-order valence-corrected chi connectivity index (χ0v) is 18.4. The maximum absolute atomic E-state index is 10.5. The summed E-state index contributed by atoms with van der Waals surface area (Å²) >= 11 is 1.27. The molecule has 7 nitrogen and oxygen atoms in total. The minimum Gasteiger partial charge on any atom is -0.491 e. The lowest BCUT2D eigenvalue weighted by Gasteiger charge is -2.16. The van der Waals surface area contributed by atoms with Gasteiger partial charge in [-0.2, -0.15) is 0 Å². The van der Waals surface area contributed by atoms with Crippen molar-refractivity contribution in [2.45, 2.75) is 18.4 Å². The lowest BCUT2D eigenvalue weighted by Crippen LogP contribution is -2.10. The Morgan fingerprint density at radius 3 is 2.74 bits per heavy atom. The molecule has 0 amide bonds. The fourth-order valence-electron chi connectivity index (χ4n) is 2.85. The molecule has 0 aliphatic carbocycles. The molecular weight excluding hydrogens is 412 g/mol. The van der Waals surface area contributed by atoms with E-state index in [1.54, 1.807) is 25.5 Å². The number of aromatic nitrogens is 2. The second-order valence-electron chi connectivity index (χ2n) is 6.83. The van der Waals surface area contributed by atoms with Crippen molar-refractivity contribution in [1.29, 1.82) is 5.41 Å². The van der Waals surface area contributed by atoms with Gasteiger partial charge in [-0.1, -0.05) is 17.7 Å². The molecule has 0 fully saturated rings. The predicted octanol–water partition coefficient (Wildman–Crippen LogP) is 4.97. The fraction of sp³-hybridized carbons (Fsp3) is 0.217. The number of nitrogens with one attached hydrogen (secondary N) is 2. The molecule has 162 valence electrons. The first-order valence-electron chi connectivity index (χ1n) is 9.76. The molecule has 0 bridgehead atoms. The van der Waals surface area contributed by atoms with E-state index in [-0.39, 0.29) is 0 Å². The second kappa shape index (κ2) is 11.5. The summed E-state index contributed by atoms with van der Waals surface area (Å²) in [5.41, 5.74) is 3.77. The molecule has 0 radical (unpaired) electrons. The van der Waals surface area contributed by atoms with Crippen LogP contribution in [0.3, 0.4) is 0 Å². The smallest absolute Gasteiger partial charge is 0.130 e. The Morgan fingerprint density at radius 1 is 1.19 bits per heavy atom. The summed E-state index contributed by atoms with van der Waals surface area (Å²) in [6.07, 6.45) is 6.26. The Balaban J connectivity index is 1.80. The van der Waals surface area contributed by atoms with Crippen LogP contribution in [0.4, 0.5) is 0 Å². The second-order valence-corrected chi connectivity index (χ2v) is 7.90. The van der Waals surface area contributed by atoms with E-state index < -0.39 is 0 Å². The Labute approximate surface area is 186 Å². The van der Waals surface area contributed by atoms with E-state index >= 15 is 0 Å². The molecule has 0 saturated carbocycles. The highest BCUT2D eigenvalue weighted by molar-refractivity contribution is 7.96. The van der Waals surface area contributed by atoms with Gasteiger partial charge in [0, 0.05) is 23.8 Å². The number of ether oxygens (including phenoxy) is 2. The summed E-state index contributed by atoms with van der Waals surface area (Å²) in [7, 11) is 1.63. The van der Waals surface area contributed by atoms with Crippen molar-refractivity contribution in [2.75, 3.05) is 20.3 Å². The maximum atomic E-state index is 10.5. The van der Waals surface area contributed by atoms with Crippen molar-refractivity contribution in [3.8, 4) is 17.0 Å². The van der Waals surface area contributed by atoms with Crippen LogP contribution in [0.2, 0.25) is 0 Å². The minimum absolute atomic E-state index is 0.307. The summed E-state index contributed by atoms with van der Waals surface area (Å²) in [5.74, 6) is 1.34. The Bertz CT molecular complexity index is 1020. The molecule has 1 aromatic heterocycles. The van der Waals surface area contributed by atoms with Crippen LogP contribution in [0.25, 0.3) is 17.3 Å². The molecule has 2 aromatic carbocycles. The van der Waals surface area contributed by atoms with Crippen LogP contribution in [0, 0.1) is 12.3 Å². The highest BCUT2D eigenvalue weighted by Gasteiger charge is 2.11. The summed E-state index contributed by atoms with van der Waals surface area (Å²) in [5, 5.41) is 17.6. The lowest BCUT2D eigenvalue weighted by atomic mass is 10.1. The van der Waals surface area contributed by atoms with Crippen LogP contribution in [-0.4, -0.2) is 46.2 Å². The Morgan fingerprint density at radius 2 is 2.00 bits per heavy atom. The van der Waals surface area contributed by atoms with Crippen LogP contribution in [0.15, 0.2) is 59.6 Å². The molecule has 8 heteroatoms. The van der Waals surface area contributed by atoms with Gasteiger partial charge in [0.15, 0.2) is 0 Å². The van der Waals surface area contributed by atoms with E-state index in [1.165, 1.54) is 28.2 Å². The van der Waals surface area contributed by atoms with E-state index in [0.29, 0.717) is 31.3 Å². The molecule has 0 unspecified atom stereocenters. The van der Waals surface area contributed by atoms with Crippen LogP contribution in [-0.2, 0) is 11.3 Å². The number of hydroxylamine groups is 1.